The highest BCUT2D eigenvalue weighted by molar-refractivity contribution is 9.10. The first-order valence-electron chi connectivity index (χ1n) is 6.09. The summed E-state index contributed by atoms with van der Waals surface area (Å²) >= 11 is 9.56. The molecule has 0 spiro atoms. The molecule has 1 aromatic carbocycles. The van der Waals surface area contributed by atoms with Gasteiger partial charge in [-0.05, 0) is 30.0 Å². The number of hydrogen-bond donors (Lipinski definition) is 0. The van der Waals surface area contributed by atoms with Crippen LogP contribution in [0.3, 0.4) is 0 Å². The van der Waals surface area contributed by atoms with Crippen molar-refractivity contribution in [3.05, 3.63) is 34.3 Å². The van der Waals surface area contributed by atoms with E-state index in [4.69, 9.17) is 11.6 Å². The van der Waals surface area contributed by atoms with Crippen LogP contribution in [0.25, 0.3) is 0 Å². The highest BCUT2D eigenvalue weighted by Crippen LogP contribution is 2.26. The number of benzene rings is 1. The smallest absolute Gasteiger partial charge is 0.0292 e. The topological polar surface area (TPSA) is 0 Å². The van der Waals surface area contributed by atoms with Gasteiger partial charge in [0.1, 0.15) is 0 Å². The molecular weight excluding hydrogens is 284 g/mol. The van der Waals surface area contributed by atoms with E-state index in [0.717, 1.165) is 10.4 Å². The molecule has 0 aliphatic heterocycles. The van der Waals surface area contributed by atoms with Gasteiger partial charge in [-0.3, -0.25) is 0 Å². The summed E-state index contributed by atoms with van der Waals surface area (Å²) < 4.78 is 1.15. The summed E-state index contributed by atoms with van der Waals surface area (Å²) in [5, 5.41) is 0. The van der Waals surface area contributed by atoms with Crippen molar-refractivity contribution in [1.29, 1.82) is 0 Å². The molecule has 0 N–H and O–H groups in total. The van der Waals surface area contributed by atoms with Crippen LogP contribution in [-0.2, 0) is 0 Å². The average Bonchev–Trinajstić information content (AvgIpc) is 2.29. The number of hydrogen-bond acceptors (Lipinski definition) is 0. The minimum atomic E-state index is 0.510. The van der Waals surface area contributed by atoms with Gasteiger partial charge in [-0.1, -0.05) is 60.7 Å². The minimum absolute atomic E-state index is 0.510. The van der Waals surface area contributed by atoms with Gasteiger partial charge in [-0.15, -0.1) is 11.6 Å². The standard InChI is InChI=1S/C14H20BrCl/c1-2-3-4-5-7-13(11-16)12-8-6-9-14(15)10-12/h6,8-10,13H,2-5,7,11H2,1H3. The molecule has 16 heavy (non-hydrogen) atoms. The molecule has 1 aromatic rings. The van der Waals surface area contributed by atoms with Crippen LogP contribution in [0.15, 0.2) is 28.7 Å². The maximum absolute atomic E-state index is 6.05. The van der Waals surface area contributed by atoms with Crippen molar-refractivity contribution in [1.82, 2.24) is 0 Å². The monoisotopic (exact) mass is 302 g/mol. The fraction of sp³-hybridized carbons (Fsp3) is 0.571. The van der Waals surface area contributed by atoms with Crippen LogP contribution < -0.4 is 0 Å². The number of alkyl halides is 1. The van der Waals surface area contributed by atoms with Gasteiger partial charge in [0.05, 0.1) is 0 Å². The maximum Gasteiger partial charge on any atom is 0.0292 e. The molecule has 0 amide bonds. The van der Waals surface area contributed by atoms with E-state index in [-0.39, 0.29) is 0 Å². The van der Waals surface area contributed by atoms with Crippen molar-refractivity contribution >= 4 is 27.5 Å². The third-order valence-electron chi connectivity index (χ3n) is 2.91. The second-order valence-electron chi connectivity index (χ2n) is 4.26. The summed E-state index contributed by atoms with van der Waals surface area (Å²) in [6.45, 7) is 2.24. The molecule has 1 rings (SSSR count). The lowest BCUT2D eigenvalue weighted by molar-refractivity contribution is 0.582. The third kappa shape index (κ3) is 4.88. The molecule has 0 aliphatic carbocycles. The van der Waals surface area contributed by atoms with Gasteiger partial charge in [0.25, 0.3) is 0 Å². The Hall–Kier alpha value is -0.0100. The quantitative estimate of drug-likeness (QED) is 0.445. The Bertz CT molecular complexity index is 299. The van der Waals surface area contributed by atoms with Crippen LogP contribution >= 0.6 is 27.5 Å². The SMILES string of the molecule is CCCCCCC(CCl)c1cccc(Br)c1. The Morgan fingerprint density at radius 1 is 1.25 bits per heavy atom. The van der Waals surface area contributed by atoms with Gasteiger partial charge in [0.2, 0.25) is 0 Å². The van der Waals surface area contributed by atoms with E-state index in [1.165, 1.54) is 37.7 Å². The van der Waals surface area contributed by atoms with Crippen LogP contribution in [-0.4, -0.2) is 5.88 Å². The molecular formula is C14H20BrCl. The van der Waals surface area contributed by atoms with E-state index < -0.39 is 0 Å². The molecule has 0 heterocycles. The number of rotatable bonds is 7. The van der Waals surface area contributed by atoms with E-state index in [0.29, 0.717) is 5.92 Å². The second-order valence-corrected chi connectivity index (χ2v) is 5.48. The Balaban J connectivity index is 2.47. The Morgan fingerprint density at radius 3 is 2.69 bits per heavy atom. The van der Waals surface area contributed by atoms with E-state index in [9.17, 15) is 0 Å². The van der Waals surface area contributed by atoms with Crippen molar-refractivity contribution < 1.29 is 0 Å². The molecule has 0 saturated heterocycles. The Kier molecular flexibility index (Phi) is 7.15. The van der Waals surface area contributed by atoms with Crippen molar-refractivity contribution in [2.45, 2.75) is 44.9 Å². The molecule has 0 saturated carbocycles. The maximum atomic E-state index is 6.05. The van der Waals surface area contributed by atoms with Gasteiger partial charge >= 0.3 is 0 Å². The zero-order valence-corrected chi connectivity index (χ0v) is 12.2. The molecule has 90 valence electrons. The van der Waals surface area contributed by atoms with Crippen LogP contribution in [0, 0.1) is 0 Å². The lowest BCUT2D eigenvalue weighted by atomic mass is 9.95. The zero-order valence-electron chi connectivity index (χ0n) is 9.89. The summed E-state index contributed by atoms with van der Waals surface area (Å²) in [5.74, 6) is 1.23. The minimum Gasteiger partial charge on any atom is -0.126 e. The van der Waals surface area contributed by atoms with E-state index >= 15 is 0 Å². The van der Waals surface area contributed by atoms with Crippen molar-refractivity contribution in [2.24, 2.45) is 0 Å². The molecule has 0 nitrogen and oxygen atoms in total. The van der Waals surface area contributed by atoms with E-state index in [1.54, 1.807) is 0 Å². The lowest BCUT2D eigenvalue weighted by Crippen LogP contribution is -2.00. The first kappa shape index (κ1) is 14.1. The summed E-state index contributed by atoms with van der Waals surface area (Å²) in [6, 6.07) is 8.52. The molecule has 1 atom stereocenters. The van der Waals surface area contributed by atoms with Crippen molar-refractivity contribution in [2.75, 3.05) is 5.88 Å². The third-order valence-corrected chi connectivity index (χ3v) is 3.78. The fourth-order valence-electron chi connectivity index (χ4n) is 1.91. The Morgan fingerprint density at radius 2 is 2.06 bits per heavy atom. The van der Waals surface area contributed by atoms with Gasteiger partial charge in [-0.2, -0.15) is 0 Å². The zero-order chi connectivity index (χ0) is 11.8. The van der Waals surface area contributed by atoms with Gasteiger partial charge in [0, 0.05) is 10.4 Å². The van der Waals surface area contributed by atoms with Gasteiger partial charge in [0.15, 0.2) is 0 Å². The van der Waals surface area contributed by atoms with Crippen LogP contribution in [0.1, 0.15) is 50.5 Å². The number of unbranched alkanes of at least 4 members (excludes halogenated alkanes) is 3. The summed E-state index contributed by atoms with van der Waals surface area (Å²) in [4.78, 5) is 0. The van der Waals surface area contributed by atoms with Crippen LogP contribution in [0.5, 0.6) is 0 Å². The summed E-state index contributed by atoms with van der Waals surface area (Å²) in [7, 11) is 0. The summed E-state index contributed by atoms with van der Waals surface area (Å²) in [6.07, 6.45) is 6.46. The predicted molar refractivity (Wildman–Crippen MR) is 76.4 cm³/mol. The van der Waals surface area contributed by atoms with Crippen LogP contribution in [0.2, 0.25) is 0 Å². The van der Waals surface area contributed by atoms with Crippen LogP contribution in [0.4, 0.5) is 0 Å². The van der Waals surface area contributed by atoms with Crippen molar-refractivity contribution in [3.8, 4) is 0 Å². The average molecular weight is 304 g/mol. The fourth-order valence-corrected chi connectivity index (χ4v) is 2.66. The largest absolute Gasteiger partial charge is 0.126 e. The lowest BCUT2D eigenvalue weighted by Gasteiger charge is -2.14. The molecule has 2 heteroatoms. The molecule has 1 unspecified atom stereocenters. The van der Waals surface area contributed by atoms with Crippen molar-refractivity contribution in [3.63, 3.8) is 0 Å². The summed E-state index contributed by atoms with van der Waals surface area (Å²) in [5.41, 5.74) is 1.36. The normalized spacial score (nSPS) is 12.7. The Labute approximate surface area is 113 Å². The van der Waals surface area contributed by atoms with Gasteiger partial charge < -0.3 is 0 Å². The highest BCUT2D eigenvalue weighted by Gasteiger charge is 2.09. The molecule has 0 aliphatic rings. The second kappa shape index (κ2) is 8.14. The van der Waals surface area contributed by atoms with E-state index in [2.05, 4.69) is 47.1 Å². The predicted octanol–water partition coefficient (Wildman–Crippen LogP) is 5.74. The number of halogens is 2. The molecule has 0 radical (unpaired) electrons. The molecule has 0 bridgehead atoms. The molecule has 0 aromatic heterocycles. The molecule has 0 fully saturated rings. The first-order valence-corrected chi connectivity index (χ1v) is 7.42. The highest BCUT2D eigenvalue weighted by atomic mass is 79.9. The van der Waals surface area contributed by atoms with Gasteiger partial charge in [-0.25, -0.2) is 0 Å². The van der Waals surface area contributed by atoms with E-state index in [1.807, 2.05) is 0 Å². The first-order chi connectivity index (χ1) is 7.77.